The average Bonchev–Trinajstić information content (AvgIpc) is 2.93. The number of nitrogens with zero attached hydrogens (tertiary/aromatic N) is 1. The third-order valence-electron chi connectivity index (χ3n) is 3.80. The molecular formula is C17H24N4O4S. The number of benzene rings is 1. The molecule has 142 valence electrons. The van der Waals surface area contributed by atoms with E-state index in [4.69, 9.17) is 4.52 Å². The molecule has 9 heteroatoms. The Hall–Kier alpha value is -2.23. The SMILES string of the molecule is CCNCc1ccccc1NC(=O)C(C)NS(=O)(=O)c1c(C)noc1C. The van der Waals surface area contributed by atoms with E-state index in [2.05, 4.69) is 20.5 Å². The smallest absolute Gasteiger partial charge is 0.246 e. The second-order valence-electron chi connectivity index (χ2n) is 5.92. The van der Waals surface area contributed by atoms with Gasteiger partial charge in [0.2, 0.25) is 15.9 Å². The quantitative estimate of drug-likeness (QED) is 0.642. The van der Waals surface area contributed by atoms with Gasteiger partial charge in [-0.05, 0) is 38.9 Å². The predicted octanol–water partition coefficient (Wildman–Crippen LogP) is 1.71. The van der Waals surface area contributed by atoms with Crippen molar-refractivity contribution in [3.8, 4) is 0 Å². The Labute approximate surface area is 153 Å². The molecule has 0 aliphatic heterocycles. The molecule has 1 heterocycles. The molecular weight excluding hydrogens is 356 g/mol. The number of carbonyl (C=O) groups excluding carboxylic acids is 1. The molecule has 0 fully saturated rings. The number of hydrogen-bond acceptors (Lipinski definition) is 6. The number of nitrogens with one attached hydrogen (secondary N) is 3. The van der Waals surface area contributed by atoms with E-state index in [0.29, 0.717) is 12.2 Å². The van der Waals surface area contributed by atoms with Gasteiger partial charge in [0.15, 0.2) is 5.76 Å². The zero-order valence-electron chi connectivity index (χ0n) is 15.3. The lowest BCUT2D eigenvalue weighted by Gasteiger charge is -2.16. The van der Waals surface area contributed by atoms with Crippen molar-refractivity contribution in [3.05, 3.63) is 41.3 Å². The van der Waals surface area contributed by atoms with Gasteiger partial charge < -0.3 is 15.2 Å². The van der Waals surface area contributed by atoms with E-state index in [9.17, 15) is 13.2 Å². The zero-order chi connectivity index (χ0) is 19.3. The zero-order valence-corrected chi connectivity index (χ0v) is 16.1. The second-order valence-corrected chi connectivity index (χ2v) is 7.57. The van der Waals surface area contributed by atoms with Crippen molar-refractivity contribution in [2.75, 3.05) is 11.9 Å². The summed E-state index contributed by atoms with van der Waals surface area (Å²) in [6.07, 6.45) is 0. The van der Waals surface area contributed by atoms with E-state index in [1.54, 1.807) is 6.07 Å². The van der Waals surface area contributed by atoms with Crippen molar-refractivity contribution in [3.63, 3.8) is 0 Å². The number of para-hydroxylation sites is 1. The van der Waals surface area contributed by atoms with Gasteiger partial charge in [0, 0.05) is 12.2 Å². The highest BCUT2D eigenvalue weighted by atomic mass is 32.2. The van der Waals surface area contributed by atoms with Gasteiger partial charge in [-0.15, -0.1) is 0 Å². The summed E-state index contributed by atoms with van der Waals surface area (Å²) in [5, 5.41) is 9.61. The van der Waals surface area contributed by atoms with E-state index in [0.717, 1.165) is 12.1 Å². The van der Waals surface area contributed by atoms with Crippen LogP contribution in [0.3, 0.4) is 0 Å². The summed E-state index contributed by atoms with van der Waals surface area (Å²) in [6.45, 7) is 7.93. The molecule has 0 bridgehead atoms. The molecule has 26 heavy (non-hydrogen) atoms. The first-order valence-electron chi connectivity index (χ1n) is 8.31. The number of anilines is 1. The molecule has 1 atom stereocenters. The molecule has 2 aromatic rings. The number of rotatable bonds is 8. The molecule has 0 aliphatic carbocycles. The fraction of sp³-hybridized carbons (Fsp3) is 0.412. The Morgan fingerprint density at radius 1 is 1.27 bits per heavy atom. The third kappa shape index (κ3) is 4.69. The van der Waals surface area contributed by atoms with Crippen LogP contribution in [-0.2, 0) is 21.4 Å². The third-order valence-corrected chi connectivity index (χ3v) is 5.59. The molecule has 3 N–H and O–H groups in total. The van der Waals surface area contributed by atoms with Crippen LogP contribution in [0.4, 0.5) is 5.69 Å². The normalized spacial score (nSPS) is 12.8. The minimum atomic E-state index is -3.92. The highest BCUT2D eigenvalue weighted by molar-refractivity contribution is 7.89. The number of carbonyl (C=O) groups is 1. The standard InChI is InChI=1S/C17H24N4O4S/c1-5-18-10-14-8-6-7-9-15(14)19-17(22)12(3)21-26(23,24)16-11(2)20-25-13(16)4/h6-9,12,18,21H,5,10H2,1-4H3,(H,19,22). The van der Waals surface area contributed by atoms with Crippen molar-refractivity contribution in [1.29, 1.82) is 0 Å². The lowest BCUT2D eigenvalue weighted by Crippen LogP contribution is -2.42. The van der Waals surface area contributed by atoms with Gasteiger partial charge in [-0.2, -0.15) is 4.72 Å². The Morgan fingerprint density at radius 2 is 1.96 bits per heavy atom. The summed E-state index contributed by atoms with van der Waals surface area (Å²) in [6, 6.07) is 6.40. The average molecular weight is 380 g/mol. The second kappa shape index (κ2) is 8.43. The van der Waals surface area contributed by atoms with Gasteiger partial charge in [-0.3, -0.25) is 4.79 Å². The van der Waals surface area contributed by atoms with E-state index < -0.39 is 22.0 Å². The number of amides is 1. The van der Waals surface area contributed by atoms with Gasteiger partial charge in [-0.1, -0.05) is 30.3 Å². The molecule has 0 radical (unpaired) electrons. The molecule has 8 nitrogen and oxygen atoms in total. The van der Waals surface area contributed by atoms with Crippen LogP contribution in [0.15, 0.2) is 33.7 Å². The van der Waals surface area contributed by atoms with Crippen LogP contribution in [0.5, 0.6) is 0 Å². The van der Waals surface area contributed by atoms with Crippen LogP contribution in [-0.4, -0.2) is 32.1 Å². The highest BCUT2D eigenvalue weighted by Gasteiger charge is 2.28. The van der Waals surface area contributed by atoms with E-state index in [-0.39, 0.29) is 16.3 Å². The number of aromatic nitrogens is 1. The predicted molar refractivity (Wildman–Crippen MR) is 98.2 cm³/mol. The van der Waals surface area contributed by atoms with Crippen LogP contribution in [0.25, 0.3) is 0 Å². The lowest BCUT2D eigenvalue weighted by atomic mass is 10.1. The Balaban J connectivity index is 2.11. The Bertz CT molecular complexity index is 857. The first kappa shape index (κ1) is 20.1. The summed E-state index contributed by atoms with van der Waals surface area (Å²) < 4.78 is 32.3. The van der Waals surface area contributed by atoms with Crippen LogP contribution < -0.4 is 15.4 Å². The summed E-state index contributed by atoms with van der Waals surface area (Å²) in [5.41, 5.74) is 1.81. The molecule has 0 aliphatic rings. The van der Waals surface area contributed by atoms with Gasteiger partial charge in [0.1, 0.15) is 10.6 Å². The maximum atomic E-state index is 12.5. The fourth-order valence-electron chi connectivity index (χ4n) is 2.50. The molecule has 0 saturated carbocycles. The minimum Gasteiger partial charge on any atom is -0.360 e. The first-order valence-corrected chi connectivity index (χ1v) is 9.79. The minimum absolute atomic E-state index is 0.0373. The van der Waals surface area contributed by atoms with Crippen LogP contribution in [0, 0.1) is 13.8 Å². The van der Waals surface area contributed by atoms with Crippen molar-refractivity contribution in [2.45, 2.75) is 45.2 Å². The summed E-state index contributed by atoms with van der Waals surface area (Å²) in [4.78, 5) is 12.4. The van der Waals surface area contributed by atoms with Gasteiger partial charge in [0.25, 0.3) is 0 Å². The Morgan fingerprint density at radius 3 is 2.58 bits per heavy atom. The first-order chi connectivity index (χ1) is 12.3. The van der Waals surface area contributed by atoms with Crippen molar-refractivity contribution < 1.29 is 17.7 Å². The molecule has 1 aromatic heterocycles. The topological polar surface area (TPSA) is 113 Å². The molecule has 0 spiro atoms. The number of hydrogen-bond donors (Lipinski definition) is 3. The molecule has 1 aromatic carbocycles. The van der Waals surface area contributed by atoms with Crippen molar-refractivity contribution >= 4 is 21.6 Å². The maximum absolute atomic E-state index is 12.5. The maximum Gasteiger partial charge on any atom is 0.246 e. The molecule has 1 unspecified atom stereocenters. The molecule has 2 rings (SSSR count). The highest BCUT2D eigenvalue weighted by Crippen LogP contribution is 2.19. The summed E-state index contributed by atoms with van der Waals surface area (Å²) in [5.74, 6) is -0.275. The largest absolute Gasteiger partial charge is 0.360 e. The van der Waals surface area contributed by atoms with Crippen LogP contribution in [0.1, 0.15) is 30.9 Å². The van der Waals surface area contributed by atoms with E-state index in [1.165, 1.54) is 20.8 Å². The van der Waals surface area contributed by atoms with E-state index >= 15 is 0 Å². The van der Waals surface area contributed by atoms with Crippen LogP contribution in [0.2, 0.25) is 0 Å². The summed E-state index contributed by atoms with van der Waals surface area (Å²) in [7, 11) is -3.92. The Kier molecular flexibility index (Phi) is 6.52. The summed E-state index contributed by atoms with van der Waals surface area (Å²) >= 11 is 0. The number of aryl methyl sites for hydroxylation is 2. The van der Waals surface area contributed by atoms with Crippen molar-refractivity contribution in [1.82, 2.24) is 15.2 Å². The van der Waals surface area contributed by atoms with Crippen LogP contribution >= 0.6 is 0 Å². The van der Waals surface area contributed by atoms with Gasteiger partial charge in [0.05, 0.1) is 6.04 Å². The van der Waals surface area contributed by atoms with Gasteiger partial charge in [-0.25, -0.2) is 8.42 Å². The molecule has 1 amide bonds. The lowest BCUT2D eigenvalue weighted by molar-refractivity contribution is -0.117. The van der Waals surface area contributed by atoms with E-state index in [1.807, 2.05) is 25.1 Å². The monoisotopic (exact) mass is 380 g/mol. The fourth-order valence-corrected chi connectivity index (χ4v) is 4.03. The van der Waals surface area contributed by atoms with Gasteiger partial charge >= 0.3 is 0 Å². The number of sulfonamides is 1. The van der Waals surface area contributed by atoms with Crippen molar-refractivity contribution in [2.24, 2.45) is 0 Å². The molecule has 0 saturated heterocycles.